The minimum Gasteiger partial charge on any atom is -0.479 e. The molecule has 2 heterocycles. The molecule has 1 saturated heterocycles. The summed E-state index contributed by atoms with van der Waals surface area (Å²) in [4.78, 5) is 53.3. The highest BCUT2D eigenvalue weighted by Crippen LogP contribution is 2.45. The van der Waals surface area contributed by atoms with E-state index < -0.39 is 35.6 Å². The summed E-state index contributed by atoms with van der Waals surface area (Å²) in [6, 6.07) is -1.51. The number of hydrogen-bond donors (Lipinski definition) is 3. The van der Waals surface area contributed by atoms with Crippen molar-refractivity contribution in [2.45, 2.75) is 108 Å². The van der Waals surface area contributed by atoms with E-state index in [1.807, 2.05) is 19.1 Å². The topological polar surface area (TPSA) is 125 Å². The summed E-state index contributed by atoms with van der Waals surface area (Å²) in [5.41, 5.74) is -1.30. The van der Waals surface area contributed by atoms with Crippen molar-refractivity contribution in [3.05, 3.63) is 12.2 Å². The lowest BCUT2D eigenvalue weighted by molar-refractivity contribution is -0.145. The molecule has 4 aliphatic rings. The van der Waals surface area contributed by atoms with Crippen molar-refractivity contribution in [3.8, 4) is 0 Å². The molecule has 4 rings (SSSR count). The van der Waals surface area contributed by atoms with Crippen molar-refractivity contribution in [2.24, 2.45) is 11.8 Å². The van der Waals surface area contributed by atoms with Gasteiger partial charge in [0, 0.05) is 12.5 Å². The van der Waals surface area contributed by atoms with Crippen molar-refractivity contribution in [1.29, 1.82) is 0 Å². The smallest absolute Gasteiger partial charge is 0.408 e. The first-order valence-corrected chi connectivity index (χ1v) is 13.3. The molecule has 9 nitrogen and oxygen atoms in total. The number of carbonyl (C=O) groups is 4. The molecule has 35 heavy (non-hydrogen) atoms. The molecular formula is C26H39N3O6. The molecule has 0 aromatic rings. The zero-order chi connectivity index (χ0) is 25.0. The summed E-state index contributed by atoms with van der Waals surface area (Å²) in [6.07, 6.45) is 12.5. The van der Waals surface area contributed by atoms with E-state index in [9.17, 15) is 24.3 Å². The fourth-order valence-corrected chi connectivity index (χ4v) is 5.82. The average molecular weight is 490 g/mol. The number of carboxylic acid groups (broad SMARTS) is 1. The van der Waals surface area contributed by atoms with Gasteiger partial charge < -0.3 is 25.4 Å². The van der Waals surface area contributed by atoms with Crippen LogP contribution in [0.5, 0.6) is 0 Å². The molecule has 5 atom stereocenters. The average Bonchev–Trinajstić information content (AvgIpc) is 3.17. The lowest BCUT2D eigenvalue weighted by Crippen LogP contribution is -2.56. The number of nitrogens with zero attached hydrogens (tertiary/aromatic N) is 1. The van der Waals surface area contributed by atoms with Crippen molar-refractivity contribution < 1.29 is 29.0 Å². The Labute approximate surface area is 207 Å². The van der Waals surface area contributed by atoms with Gasteiger partial charge in [-0.25, -0.2) is 9.59 Å². The first kappa shape index (κ1) is 25.5. The normalized spacial score (nSPS) is 35.2. The molecule has 0 radical (unpaired) electrons. The van der Waals surface area contributed by atoms with Crippen LogP contribution in [0.25, 0.3) is 0 Å². The minimum atomic E-state index is -1.30. The fraction of sp³-hybridized carbons (Fsp3) is 0.769. The monoisotopic (exact) mass is 489 g/mol. The molecule has 194 valence electrons. The Balaban J connectivity index is 1.53. The van der Waals surface area contributed by atoms with E-state index in [-0.39, 0.29) is 23.8 Å². The molecule has 9 heteroatoms. The maximum Gasteiger partial charge on any atom is 0.408 e. The zero-order valence-corrected chi connectivity index (χ0v) is 20.7. The third-order valence-corrected chi connectivity index (χ3v) is 8.19. The van der Waals surface area contributed by atoms with Gasteiger partial charge in [-0.3, -0.25) is 9.59 Å². The van der Waals surface area contributed by atoms with E-state index in [0.717, 1.165) is 57.8 Å². The standard InChI is InChI=1S/C26H39N3O6/c1-2-17-14-21-22(30)28-26(24(32)33)15-18(26)10-6-4-3-5-7-13-20(23(31)29(21)16-17)27-25(34)35-19-11-8-9-12-19/h6,10,17-21H,2-5,7-9,11-16H2,1H3,(H,27,34)(H,28,30)(H,32,33)/b10-6-/t17-,18-,20+,21+,26-/m1/s1. The predicted octanol–water partition coefficient (Wildman–Crippen LogP) is 3.13. The van der Waals surface area contributed by atoms with Crippen molar-refractivity contribution in [2.75, 3.05) is 6.54 Å². The van der Waals surface area contributed by atoms with Crippen LogP contribution in [0.1, 0.15) is 84.0 Å². The zero-order valence-electron chi connectivity index (χ0n) is 20.7. The van der Waals surface area contributed by atoms with E-state index in [1.165, 1.54) is 0 Å². The van der Waals surface area contributed by atoms with E-state index in [2.05, 4.69) is 10.6 Å². The molecule has 2 aliphatic carbocycles. The van der Waals surface area contributed by atoms with Crippen LogP contribution in [0.4, 0.5) is 4.79 Å². The highest BCUT2D eigenvalue weighted by atomic mass is 16.6. The molecule has 2 aliphatic heterocycles. The second kappa shape index (κ2) is 11.0. The quantitative estimate of drug-likeness (QED) is 0.521. The Hall–Kier alpha value is -2.58. The number of amides is 3. The van der Waals surface area contributed by atoms with Gasteiger partial charge in [0.1, 0.15) is 23.7 Å². The Morgan fingerprint density at radius 3 is 2.63 bits per heavy atom. The number of rotatable bonds is 4. The third-order valence-electron chi connectivity index (χ3n) is 8.19. The van der Waals surface area contributed by atoms with Gasteiger partial charge in [0.05, 0.1) is 0 Å². The summed E-state index contributed by atoms with van der Waals surface area (Å²) in [6.45, 7) is 2.45. The van der Waals surface area contributed by atoms with Gasteiger partial charge in [0.15, 0.2) is 0 Å². The van der Waals surface area contributed by atoms with Gasteiger partial charge in [-0.15, -0.1) is 0 Å². The predicted molar refractivity (Wildman–Crippen MR) is 128 cm³/mol. The van der Waals surface area contributed by atoms with Gasteiger partial charge in [-0.05, 0) is 63.7 Å². The Bertz CT molecular complexity index is 854. The molecular weight excluding hydrogens is 450 g/mol. The van der Waals surface area contributed by atoms with Crippen LogP contribution in [-0.2, 0) is 19.1 Å². The first-order chi connectivity index (χ1) is 16.8. The van der Waals surface area contributed by atoms with Crippen LogP contribution in [0.15, 0.2) is 12.2 Å². The second-order valence-corrected chi connectivity index (χ2v) is 10.7. The molecule has 0 bridgehead atoms. The minimum absolute atomic E-state index is 0.104. The number of carbonyl (C=O) groups excluding carboxylic acids is 3. The van der Waals surface area contributed by atoms with Crippen LogP contribution in [0.2, 0.25) is 0 Å². The van der Waals surface area contributed by atoms with E-state index in [1.54, 1.807) is 4.90 Å². The summed E-state index contributed by atoms with van der Waals surface area (Å²) < 4.78 is 5.55. The maximum absolute atomic E-state index is 13.7. The first-order valence-electron chi connectivity index (χ1n) is 13.3. The number of carboxylic acids is 1. The van der Waals surface area contributed by atoms with Gasteiger partial charge in [0.2, 0.25) is 11.8 Å². The molecule has 0 unspecified atom stereocenters. The maximum atomic E-state index is 13.7. The Morgan fingerprint density at radius 1 is 1.17 bits per heavy atom. The molecule has 0 spiro atoms. The van der Waals surface area contributed by atoms with Gasteiger partial charge in [0.25, 0.3) is 0 Å². The number of aliphatic carboxylic acids is 1. The lowest BCUT2D eigenvalue weighted by atomic mass is 10.0. The Morgan fingerprint density at radius 2 is 1.91 bits per heavy atom. The number of alkyl carbamates (subject to hydrolysis) is 1. The number of hydrogen-bond acceptors (Lipinski definition) is 5. The number of fused-ring (bicyclic) bond motifs is 2. The van der Waals surface area contributed by atoms with Gasteiger partial charge in [-0.1, -0.05) is 38.3 Å². The van der Waals surface area contributed by atoms with Crippen LogP contribution in [-0.4, -0.2) is 64.2 Å². The van der Waals surface area contributed by atoms with Crippen LogP contribution in [0.3, 0.4) is 0 Å². The highest BCUT2D eigenvalue weighted by Gasteiger charge is 2.61. The molecule has 3 amide bonds. The van der Waals surface area contributed by atoms with Crippen molar-refractivity contribution in [1.82, 2.24) is 15.5 Å². The second-order valence-electron chi connectivity index (χ2n) is 10.7. The summed E-state index contributed by atoms with van der Waals surface area (Å²) >= 11 is 0. The molecule has 2 saturated carbocycles. The summed E-state index contributed by atoms with van der Waals surface area (Å²) in [7, 11) is 0. The summed E-state index contributed by atoms with van der Waals surface area (Å²) in [5.74, 6) is -1.83. The molecule has 3 N–H and O–H groups in total. The number of allylic oxidation sites excluding steroid dienone is 1. The molecule has 3 fully saturated rings. The van der Waals surface area contributed by atoms with Crippen LogP contribution < -0.4 is 10.6 Å². The van der Waals surface area contributed by atoms with Gasteiger partial charge in [-0.2, -0.15) is 0 Å². The third kappa shape index (κ3) is 5.81. The molecule has 0 aromatic carbocycles. The number of nitrogens with one attached hydrogen (secondary N) is 2. The van der Waals surface area contributed by atoms with E-state index in [4.69, 9.17) is 4.74 Å². The fourth-order valence-electron chi connectivity index (χ4n) is 5.82. The number of ether oxygens (including phenoxy) is 1. The van der Waals surface area contributed by atoms with Crippen molar-refractivity contribution >= 4 is 23.9 Å². The van der Waals surface area contributed by atoms with Crippen molar-refractivity contribution in [3.63, 3.8) is 0 Å². The van der Waals surface area contributed by atoms with Gasteiger partial charge >= 0.3 is 12.1 Å². The van der Waals surface area contributed by atoms with Crippen LogP contribution >= 0.6 is 0 Å². The largest absolute Gasteiger partial charge is 0.479 e. The highest BCUT2D eigenvalue weighted by molar-refractivity contribution is 5.96. The summed E-state index contributed by atoms with van der Waals surface area (Å²) in [5, 5.41) is 15.4. The van der Waals surface area contributed by atoms with Crippen LogP contribution in [0, 0.1) is 11.8 Å². The van der Waals surface area contributed by atoms with E-state index in [0.29, 0.717) is 25.8 Å². The molecule has 0 aromatic heterocycles. The Kier molecular flexibility index (Phi) is 8.02. The van der Waals surface area contributed by atoms with E-state index >= 15 is 0 Å². The lowest BCUT2D eigenvalue weighted by Gasteiger charge is -2.29. The SMILES string of the molecule is CC[C@@H]1C[C@H]2C(=O)N[C@]3(C(=O)O)C[C@H]3/C=C\CCCCC[C@H](NC(=O)OC3CCCC3)C(=O)N2C1.